The van der Waals surface area contributed by atoms with Gasteiger partial charge in [0.25, 0.3) is 0 Å². The van der Waals surface area contributed by atoms with E-state index in [0.717, 1.165) is 0 Å². The molecule has 0 aromatic heterocycles. The average molecular weight is 362 g/mol. The number of sulfone groups is 1. The van der Waals surface area contributed by atoms with Crippen molar-refractivity contribution in [1.29, 1.82) is 0 Å². The molecule has 0 atom stereocenters. The van der Waals surface area contributed by atoms with Crippen LogP contribution in [-0.4, -0.2) is 18.6 Å². The molecule has 5 heteroatoms. The first-order chi connectivity index (χ1) is 11.5. The number of aromatic hydroxyl groups is 2. The summed E-state index contributed by atoms with van der Waals surface area (Å²) in [6, 6.07) is 6.13. The molecule has 2 N–H and O–H groups in total. The number of hydrogen-bond acceptors (Lipinski definition) is 4. The molecule has 0 bridgehead atoms. The predicted molar refractivity (Wildman–Crippen MR) is 99.3 cm³/mol. The Labute approximate surface area is 150 Å². The van der Waals surface area contributed by atoms with Gasteiger partial charge in [-0.2, -0.15) is 0 Å². The zero-order valence-corrected chi connectivity index (χ0v) is 16.4. The van der Waals surface area contributed by atoms with E-state index in [2.05, 4.69) is 0 Å². The van der Waals surface area contributed by atoms with Gasteiger partial charge in [-0.1, -0.05) is 27.7 Å². The average Bonchev–Trinajstić information content (AvgIpc) is 2.45. The van der Waals surface area contributed by atoms with Crippen LogP contribution in [0.25, 0.3) is 0 Å². The summed E-state index contributed by atoms with van der Waals surface area (Å²) in [7, 11) is -3.77. The fourth-order valence-electron chi connectivity index (χ4n) is 3.00. The van der Waals surface area contributed by atoms with Gasteiger partial charge in [0.2, 0.25) is 9.84 Å². The van der Waals surface area contributed by atoms with Crippen molar-refractivity contribution in [2.24, 2.45) is 0 Å². The van der Waals surface area contributed by atoms with Gasteiger partial charge in [-0.3, -0.25) is 0 Å². The van der Waals surface area contributed by atoms with E-state index in [9.17, 15) is 18.6 Å². The third-order valence-corrected chi connectivity index (χ3v) is 6.51. The number of benzene rings is 2. The van der Waals surface area contributed by atoms with Crippen molar-refractivity contribution in [3.8, 4) is 11.5 Å². The lowest BCUT2D eigenvalue weighted by Gasteiger charge is -2.17. The van der Waals surface area contributed by atoms with Crippen LogP contribution in [0.3, 0.4) is 0 Å². The summed E-state index contributed by atoms with van der Waals surface area (Å²) in [6.45, 7) is 11.0. The summed E-state index contributed by atoms with van der Waals surface area (Å²) >= 11 is 0. The molecule has 136 valence electrons. The number of rotatable bonds is 4. The lowest BCUT2D eigenvalue weighted by molar-refractivity contribution is 0.463. The lowest BCUT2D eigenvalue weighted by atomic mass is 10.0. The maximum atomic E-state index is 13.3. The number of aryl methyl sites for hydroxylation is 2. The third-order valence-electron chi connectivity index (χ3n) is 4.47. The third kappa shape index (κ3) is 3.52. The van der Waals surface area contributed by atoms with E-state index >= 15 is 0 Å². The number of phenols is 2. The van der Waals surface area contributed by atoms with Crippen LogP contribution in [0.1, 0.15) is 61.8 Å². The first-order valence-corrected chi connectivity index (χ1v) is 9.87. The standard InChI is InChI=1S/C20H26O4S/c1-11(2)15-9-19(13(5)7-17(15)21)25(23,24)20-10-16(12(3)4)18(22)8-14(20)6/h7-12,21-22H,1-6H3. The molecule has 0 aliphatic carbocycles. The second-order valence-electron chi connectivity index (χ2n) is 7.17. The molecule has 0 aliphatic rings. The van der Waals surface area contributed by atoms with Gasteiger partial charge < -0.3 is 10.2 Å². The van der Waals surface area contributed by atoms with Crippen molar-refractivity contribution in [2.45, 2.75) is 63.2 Å². The molecule has 0 fully saturated rings. The van der Waals surface area contributed by atoms with Gasteiger partial charge in [-0.15, -0.1) is 0 Å². The topological polar surface area (TPSA) is 74.6 Å². The molecule has 25 heavy (non-hydrogen) atoms. The Kier molecular flexibility index (Phi) is 5.19. The maximum absolute atomic E-state index is 13.3. The minimum absolute atomic E-state index is 0.00156. The van der Waals surface area contributed by atoms with Crippen LogP contribution < -0.4 is 0 Å². The minimum atomic E-state index is -3.77. The van der Waals surface area contributed by atoms with Gasteiger partial charge in [0.05, 0.1) is 9.79 Å². The Bertz CT molecular complexity index is 840. The summed E-state index contributed by atoms with van der Waals surface area (Å²) in [5, 5.41) is 20.2. The quantitative estimate of drug-likeness (QED) is 0.820. The largest absolute Gasteiger partial charge is 0.508 e. The normalized spacial score (nSPS) is 12.2. The van der Waals surface area contributed by atoms with Gasteiger partial charge in [0.15, 0.2) is 0 Å². The summed E-state index contributed by atoms with van der Waals surface area (Å²) < 4.78 is 26.6. The molecular formula is C20H26O4S. The van der Waals surface area contributed by atoms with Gasteiger partial charge in [0.1, 0.15) is 11.5 Å². The Morgan fingerprint density at radius 2 is 1.04 bits per heavy atom. The Morgan fingerprint density at radius 1 is 0.720 bits per heavy atom. The second kappa shape index (κ2) is 6.71. The molecule has 4 nitrogen and oxygen atoms in total. The molecule has 0 heterocycles. The molecule has 0 amide bonds. The van der Waals surface area contributed by atoms with E-state index in [0.29, 0.717) is 22.3 Å². The van der Waals surface area contributed by atoms with Gasteiger partial charge in [0, 0.05) is 0 Å². The highest BCUT2D eigenvalue weighted by Crippen LogP contribution is 2.37. The van der Waals surface area contributed by atoms with Crippen LogP contribution in [0.15, 0.2) is 34.1 Å². The second-order valence-corrected chi connectivity index (χ2v) is 9.05. The van der Waals surface area contributed by atoms with E-state index in [1.165, 1.54) is 12.1 Å². The van der Waals surface area contributed by atoms with E-state index in [1.807, 2.05) is 27.7 Å². The summed E-state index contributed by atoms with van der Waals surface area (Å²) in [5.74, 6) is 0.219. The fourth-order valence-corrected chi connectivity index (χ4v) is 4.77. The van der Waals surface area contributed by atoms with Gasteiger partial charge in [-0.05, 0) is 72.2 Å². The molecule has 2 aromatic rings. The van der Waals surface area contributed by atoms with Crippen molar-refractivity contribution in [3.05, 3.63) is 46.5 Å². The van der Waals surface area contributed by atoms with Crippen LogP contribution in [-0.2, 0) is 9.84 Å². The predicted octanol–water partition coefficient (Wildman–Crippen LogP) is 4.79. The summed E-state index contributed by atoms with van der Waals surface area (Å²) in [4.78, 5) is 0.384. The lowest BCUT2D eigenvalue weighted by Crippen LogP contribution is -2.08. The maximum Gasteiger partial charge on any atom is 0.207 e. The first kappa shape index (κ1) is 19.3. The Morgan fingerprint density at radius 3 is 1.32 bits per heavy atom. The first-order valence-electron chi connectivity index (χ1n) is 8.38. The summed E-state index contributed by atoms with van der Waals surface area (Å²) in [5.41, 5.74) is 2.20. The smallest absolute Gasteiger partial charge is 0.207 e. The molecule has 2 rings (SSSR count). The monoisotopic (exact) mass is 362 g/mol. The van der Waals surface area contributed by atoms with Gasteiger partial charge >= 0.3 is 0 Å². The highest BCUT2D eigenvalue weighted by atomic mass is 32.2. The van der Waals surface area contributed by atoms with E-state index in [-0.39, 0.29) is 33.1 Å². The highest BCUT2D eigenvalue weighted by molar-refractivity contribution is 7.91. The molecular weight excluding hydrogens is 336 g/mol. The van der Waals surface area contributed by atoms with Crippen molar-refractivity contribution in [2.75, 3.05) is 0 Å². The SMILES string of the molecule is Cc1cc(O)c(C(C)C)cc1S(=O)(=O)c1cc(C(C)C)c(O)cc1C. The summed E-state index contributed by atoms with van der Waals surface area (Å²) in [6.07, 6.45) is 0. The Balaban J connectivity index is 2.76. The van der Waals surface area contributed by atoms with Crippen molar-refractivity contribution >= 4 is 9.84 Å². The van der Waals surface area contributed by atoms with E-state index < -0.39 is 9.84 Å². The molecule has 0 saturated carbocycles. The van der Waals surface area contributed by atoms with E-state index in [4.69, 9.17) is 0 Å². The van der Waals surface area contributed by atoms with Gasteiger partial charge in [-0.25, -0.2) is 8.42 Å². The molecule has 0 aliphatic heterocycles. The highest BCUT2D eigenvalue weighted by Gasteiger charge is 2.26. The van der Waals surface area contributed by atoms with Crippen LogP contribution >= 0.6 is 0 Å². The zero-order valence-electron chi connectivity index (χ0n) is 15.6. The zero-order chi connectivity index (χ0) is 19.1. The molecule has 2 aromatic carbocycles. The van der Waals surface area contributed by atoms with Crippen LogP contribution in [0, 0.1) is 13.8 Å². The molecule has 0 spiro atoms. The molecule has 0 unspecified atom stereocenters. The molecule has 0 saturated heterocycles. The van der Waals surface area contributed by atoms with Crippen LogP contribution in [0.4, 0.5) is 0 Å². The minimum Gasteiger partial charge on any atom is -0.508 e. The number of hydrogen-bond donors (Lipinski definition) is 2. The Hall–Kier alpha value is -2.01. The van der Waals surface area contributed by atoms with Crippen molar-refractivity contribution < 1.29 is 18.6 Å². The number of phenolic OH excluding ortho intramolecular Hbond substituents is 2. The van der Waals surface area contributed by atoms with Crippen LogP contribution in [0.5, 0.6) is 11.5 Å². The van der Waals surface area contributed by atoms with Crippen molar-refractivity contribution in [3.63, 3.8) is 0 Å². The van der Waals surface area contributed by atoms with E-state index in [1.54, 1.807) is 26.0 Å². The van der Waals surface area contributed by atoms with Crippen molar-refractivity contribution in [1.82, 2.24) is 0 Å². The van der Waals surface area contributed by atoms with Crippen LogP contribution in [0.2, 0.25) is 0 Å². The molecule has 0 radical (unpaired) electrons. The fraction of sp³-hybridized carbons (Fsp3) is 0.400.